The normalized spacial score (nSPS) is 14.1. The molecular weight excluding hydrogens is 440 g/mol. The van der Waals surface area contributed by atoms with Crippen molar-refractivity contribution in [2.24, 2.45) is 0 Å². The molecule has 0 atom stereocenters. The van der Waals surface area contributed by atoms with Crippen LogP contribution in [-0.4, -0.2) is 74.2 Å². The summed E-state index contributed by atoms with van der Waals surface area (Å²) in [4.78, 5) is 29.3. The molecule has 0 spiro atoms. The molecule has 0 unspecified atom stereocenters. The predicted molar refractivity (Wildman–Crippen MR) is 133 cm³/mol. The molecule has 2 N–H and O–H groups in total. The molecule has 0 aromatic heterocycles. The van der Waals surface area contributed by atoms with E-state index in [1.54, 1.807) is 44.6 Å². The number of hydrogen-bond donors (Lipinski definition) is 2. The van der Waals surface area contributed by atoms with Gasteiger partial charge in [0, 0.05) is 32.3 Å². The largest absolute Gasteiger partial charge is 0.493 e. The molecule has 8 nitrogen and oxygen atoms in total. The predicted octanol–water partition coefficient (Wildman–Crippen LogP) is 2.62. The average molecular weight is 469 g/mol. The van der Waals surface area contributed by atoms with Crippen LogP contribution in [0.2, 0.25) is 0 Å². The lowest BCUT2D eigenvalue weighted by molar-refractivity contribution is -0.115. The molecule has 3 rings (SSSR count). The lowest BCUT2D eigenvalue weighted by Gasteiger charge is -2.32. The van der Waals surface area contributed by atoms with Crippen LogP contribution in [-0.2, 0) is 4.79 Å². The van der Waals surface area contributed by atoms with Gasteiger partial charge in [0.25, 0.3) is 5.91 Å². The summed E-state index contributed by atoms with van der Waals surface area (Å²) in [5, 5.41) is 5.69. The number of likely N-dealkylation sites (N-methyl/N-ethyl adjacent to an activating group) is 1. The molecule has 9 heteroatoms. The summed E-state index contributed by atoms with van der Waals surface area (Å²) in [5.41, 5.74) is 1.83. The van der Waals surface area contributed by atoms with Gasteiger partial charge < -0.3 is 24.6 Å². The van der Waals surface area contributed by atoms with E-state index in [1.807, 2.05) is 30.1 Å². The van der Waals surface area contributed by atoms with E-state index in [1.165, 1.54) is 6.08 Å². The fourth-order valence-electron chi connectivity index (χ4n) is 3.39. The van der Waals surface area contributed by atoms with Crippen molar-refractivity contribution in [1.82, 2.24) is 15.1 Å². The molecule has 0 saturated carbocycles. The molecule has 0 aliphatic carbocycles. The number of rotatable bonds is 6. The van der Waals surface area contributed by atoms with Crippen LogP contribution in [0.1, 0.15) is 15.9 Å². The van der Waals surface area contributed by atoms with Crippen molar-refractivity contribution in [3.63, 3.8) is 0 Å². The molecule has 2 aromatic rings. The molecular formula is C24H28N4O4S. The number of nitrogens with one attached hydrogen (secondary N) is 2. The standard InChI is InChI=1S/C24H28N4O4S/c1-27-12-14-28(15-13-27)23(30)18-6-4-5-7-19(18)25-24(33)26-22(29)11-9-17-8-10-20(31-2)21(16-17)32-3/h4-11,16H,12-15H2,1-3H3,(H2,25,26,29,33)/b11-9+. The number of ether oxygens (including phenoxy) is 2. The zero-order chi connectivity index (χ0) is 23.8. The molecule has 174 valence electrons. The number of anilines is 1. The number of nitrogens with zero attached hydrogens (tertiary/aromatic N) is 2. The molecule has 33 heavy (non-hydrogen) atoms. The summed E-state index contributed by atoms with van der Waals surface area (Å²) in [5.74, 6) is 0.715. The van der Waals surface area contributed by atoms with E-state index in [-0.39, 0.29) is 11.0 Å². The highest BCUT2D eigenvalue weighted by atomic mass is 32.1. The highest BCUT2D eigenvalue weighted by Gasteiger charge is 2.22. The molecule has 2 aromatic carbocycles. The van der Waals surface area contributed by atoms with Crippen molar-refractivity contribution in [2.45, 2.75) is 0 Å². The molecule has 1 aliphatic heterocycles. The number of benzene rings is 2. The van der Waals surface area contributed by atoms with Crippen LogP contribution in [0.4, 0.5) is 5.69 Å². The second-order valence-corrected chi connectivity index (χ2v) is 7.94. The third-order valence-electron chi connectivity index (χ3n) is 5.27. The van der Waals surface area contributed by atoms with Crippen LogP contribution >= 0.6 is 12.2 Å². The van der Waals surface area contributed by atoms with Gasteiger partial charge in [0.2, 0.25) is 5.91 Å². The Balaban J connectivity index is 1.61. The minimum atomic E-state index is -0.398. The maximum atomic E-state index is 13.0. The number of hydrogen-bond acceptors (Lipinski definition) is 6. The second-order valence-electron chi connectivity index (χ2n) is 7.53. The van der Waals surface area contributed by atoms with Gasteiger partial charge in [-0.05, 0) is 55.2 Å². The molecule has 1 heterocycles. The van der Waals surface area contributed by atoms with Gasteiger partial charge in [0.05, 0.1) is 25.5 Å². The summed E-state index contributed by atoms with van der Waals surface area (Å²) in [6, 6.07) is 12.5. The van der Waals surface area contributed by atoms with Crippen LogP contribution in [0, 0.1) is 0 Å². The number of para-hydroxylation sites is 1. The maximum Gasteiger partial charge on any atom is 0.256 e. The van der Waals surface area contributed by atoms with Gasteiger partial charge in [-0.1, -0.05) is 18.2 Å². The second kappa shape index (κ2) is 11.4. The summed E-state index contributed by atoms with van der Waals surface area (Å²) in [7, 11) is 5.15. The number of carbonyl (C=O) groups excluding carboxylic acids is 2. The van der Waals surface area contributed by atoms with Crippen molar-refractivity contribution >= 4 is 40.9 Å². The van der Waals surface area contributed by atoms with Crippen LogP contribution < -0.4 is 20.1 Å². The monoisotopic (exact) mass is 468 g/mol. The Morgan fingerprint density at radius 1 is 1.00 bits per heavy atom. The lowest BCUT2D eigenvalue weighted by Crippen LogP contribution is -2.47. The van der Waals surface area contributed by atoms with Crippen LogP contribution in [0.3, 0.4) is 0 Å². The quantitative estimate of drug-likeness (QED) is 0.498. The summed E-state index contributed by atoms with van der Waals surface area (Å²) < 4.78 is 10.5. The number of piperazine rings is 1. The summed E-state index contributed by atoms with van der Waals surface area (Å²) in [6.07, 6.45) is 3.02. The smallest absolute Gasteiger partial charge is 0.256 e. The van der Waals surface area contributed by atoms with Crippen molar-refractivity contribution in [3.05, 3.63) is 59.7 Å². The van der Waals surface area contributed by atoms with Gasteiger partial charge >= 0.3 is 0 Å². The molecule has 0 bridgehead atoms. The Labute approximate surface area is 199 Å². The highest BCUT2D eigenvalue weighted by molar-refractivity contribution is 7.80. The van der Waals surface area contributed by atoms with Crippen molar-refractivity contribution in [3.8, 4) is 11.5 Å². The molecule has 0 radical (unpaired) electrons. The lowest BCUT2D eigenvalue weighted by atomic mass is 10.1. The minimum absolute atomic E-state index is 0.0614. The van der Waals surface area contributed by atoms with E-state index in [2.05, 4.69) is 15.5 Å². The summed E-state index contributed by atoms with van der Waals surface area (Å²) >= 11 is 5.29. The fourth-order valence-corrected chi connectivity index (χ4v) is 3.60. The van der Waals surface area contributed by atoms with Gasteiger partial charge in [-0.15, -0.1) is 0 Å². The zero-order valence-electron chi connectivity index (χ0n) is 19.0. The first kappa shape index (κ1) is 24.2. The Bertz CT molecular complexity index is 1050. The summed E-state index contributed by atoms with van der Waals surface area (Å²) in [6.45, 7) is 3.02. The number of methoxy groups -OCH3 is 2. The Hall–Kier alpha value is -3.43. The van der Waals surface area contributed by atoms with E-state index in [0.29, 0.717) is 35.8 Å². The van der Waals surface area contributed by atoms with Gasteiger partial charge in [-0.25, -0.2) is 0 Å². The zero-order valence-corrected chi connectivity index (χ0v) is 19.8. The SMILES string of the molecule is COc1ccc(/C=C/C(=O)NC(=S)Nc2ccccc2C(=O)N2CCN(C)CC2)cc1OC. The number of thiocarbonyl (C=S) groups is 1. The fraction of sp³-hybridized carbons (Fsp3) is 0.292. The molecule has 2 amide bonds. The third-order valence-corrected chi connectivity index (χ3v) is 5.47. The minimum Gasteiger partial charge on any atom is -0.493 e. The van der Waals surface area contributed by atoms with Crippen LogP contribution in [0.25, 0.3) is 6.08 Å². The van der Waals surface area contributed by atoms with E-state index in [9.17, 15) is 9.59 Å². The van der Waals surface area contributed by atoms with E-state index in [4.69, 9.17) is 21.7 Å². The number of carbonyl (C=O) groups is 2. The van der Waals surface area contributed by atoms with E-state index < -0.39 is 5.91 Å². The Morgan fingerprint density at radius 3 is 2.39 bits per heavy atom. The highest BCUT2D eigenvalue weighted by Crippen LogP contribution is 2.28. The molecule has 1 saturated heterocycles. The van der Waals surface area contributed by atoms with Gasteiger partial charge in [-0.2, -0.15) is 0 Å². The Kier molecular flexibility index (Phi) is 8.39. The first-order valence-corrected chi connectivity index (χ1v) is 10.9. The molecule has 1 fully saturated rings. The van der Waals surface area contributed by atoms with E-state index >= 15 is 0 Å². The van der Waals surface area contributed by atoms with Gasteiger partial charge in [0.1, 0.15) is 0 Å². The Morgan fingerprint density at radius 2 is 1.70 bits per heavy atom. The first-order valence-electron chi connectivity index (χ1n) is 10.5. The average Bonchev–Trinajstić information content (AvgIpc) is 2.82. The topological polar surface area (TPSA) is 83.1 Å². The van der Waals surface area contributed by atoms with Crippen molar-refractivity contribution in [1.29, 1.82) is 0 Å². The van der Waals surface area contributed by atoms with Gasteiger partial charge in [0.15, 0.2) is 16.6 Å². The van der Waals surface area contributed by atoms with Crippen LogP contribution in [0.15, 0.2) is 48.5 Å². The van der Waals surface area contributed by atoms with Crippen LogP contribution in [0.5, 0.6) is 11.5 Å². The maximum absolute atomic E-state index is 13.0. The third kappa shape index (κ3) is 6.53. The number of amides is 2. The molecule has 1 aliphatic rings. The van der Waals surface area contributed by atoms with E-state index in [0.717, 1.165) is 18.7 Å². The first-order chi connectivity index (χ1) is 15.9. The van der Waals surface area contributed by atoms with Crippen molar-refractivity contribution < 1.29 is 19.1 Å². The van der Waals surface area contributed by atoms with Gasteiger partial charge in [-0.3, -0.25) is 14.9 Å². The van der Waals surface area contributed by atoms with Crippen molar-refractivity contribution in [2.75, 3.05) is 52.8 Å².